The zero-order chi connectivity index (χ0) is 27.2. The largest absolute Gasteiger partial charge is 0.208 e. The van der Waals surface area contributed by atoms with Crippen molar-refractivity contribution in [2.45, 2.75) is 0 Å². The Hall–Kier alpha value is -5.19. The summed E-state index contributed by atoms with van der Waals surface area (Å²) in [6.45, 7) is 0. The second kappa shape index (κ2) is 9.77. The number of rotatable bonds is 4. The summed E-state index contributed by atoms with van der Waals surface area (Å²) >= 11 is 1.87. The Morgan fingerprint density at radius 1 is 0.366 bits per heavy atom. The second-order valence-corrected chi connectivity index (χ2v) is 11.1. The molecule has 2 heterocycles. The van der Waals surface area contributed by atoms with E-state index < -0.39 is 0 Å². The lowest BCUT2D eigenvalue weighted by Gasteiger charge is -2.10. The van der Waals surface area contributed by atoms with Crippen molar-refractivity contribution in [3.8, 4) is 45.3 Å². The van der Waals surface area contributed by atoms with Crippen LogP contribution in [0.25, 0.3) is 76.2 Å². The number of thiophene rings is 1. The minimum absolute atomic E-state index is 0.660. The molecule has 8 aromatic rings. The molecule has 0 aliphatic rings. The third-order valence-electron chi connectivity index (χ3n) is 7.51. The summed E-state index contributed by atoms with van der Waals surface area (Å²) in [5.74, 6) is 1.99. The zero-order valence-electron chi connectivity index (χ0n) is 22.0. The highest BCUT2D eigenvalue weighted by Crippen LogP contribution is 2.40. The number of hydrogen-bond donors (Lipinski definition) is 0. The molecule has 0 saturated carbocycles. The van der Waals surface area contributed by atoms with Gasteiger partial charge in [0.05, 0.1) is 0 Å². The van der Waals surface area contributed by atoms with Gasteiger partial charge in [-0.2, -0.15) is 0 Å². The third kappa shape index (κ3) is 4.26. The monoisotopic (exact) mass is 541 g/mol. The summed E-state index contributed by atoms with van der Waals surface area (Å²) in [6, 6.07) is 48.6. The Labute approximate surface area is 241 Å². The van der Waals surface area contributed by atoms with E-state index in [2.05, 4.69) is 78.9 Å². The Balaban J connectivity index is 1.26. The lowest BCUT2D eigenvalue weighted by molar-refractivity contribution is 1.07. The van der Waals surface area contributed by atoms with Crippen molar-refractivity contribution in [1.82, 2.24) is 15.0 Å². The van der Waals surface area contributed by atoms with E-state index in [1.54, 1.807) is 0 Å². The highest BCUT2D eigenvalue weighted by Gasteiger charge is 2.14. The third-order valence-corrected chi connectivity index (χ3v) is 8.73. The first-order chi connectivity index (χ1) is 20.3. The summed E-state index contributed by atoms with van der Waals surface area (Å²) in [5, 5.41) is 5.19. The van der Waals surface area contributed by atoms with Crippen LogP contribution in [0.2, 0.25) is 0 Å². The molecular formula is C37H23N3S. The minimum Gasteiger partial charge on any atom is -0.208 e. The summed E-state index contributed by atoms with van der Waals surface area (Å²) in [4.78, 5) is 14.7. The number of nitrogens with zero attached hydrogens (tertiary/aromatic N) is 3. The van der Waals surface area contributed by atoms with E-state index in [1.807, 2.05) is 72.0 Å². The molecule has 41 heavy (non-hydrogen) atoms. The summed E-state index contributed by atoms with van der Waals surface area (Å²) in [5.41, 5.74) is 5.19. The van der Waals surface area contributed by atoms with Crippen LogP contribution < -0.4 is 0 Å². The standard InChI is InChI=1S/C37H23N3S/c1-3-11-25(12-4-1)35-38-36(26-13-5-2-6-14-26)40-37(39-35)29-16-9-15-27(22-29)28-19-21-33-32(23-28)31-20-18-24-10-7-8-17-30(24)34(31)41-33/h1-23H. The van der Waals surface area contributed by atoms with Gasteiger partial charge in [-0.3, -0.25) is 0 Å². The Morgan fingerprint density at radius 2 is 0.951 bits per heavy atom. The predicted octanol–water partition coefficient (Wildman–Crippen LogP) is 10.1. The fourth-order valence-corrected chi connectivity index (χ4v) is 6.68. The molecule has 0 bridgehead atoms. The minimum atomic E-state index is 0.660. The molecule has 0 saturated heterocycles. The normalized spacial score (nSPS) is 11.4. The Bertz CT molecular complexity index is 2140. The molecule has 0 spiro atoms. The van der Waals surface area contributed by atoms with Crippen molar-refractivity contribution in [3.05, 3.63) is 140 Å². The number of aromatic nitrogens is 3. The number of fused-ring (bicyclic) bond motifs is 5. The van der Waals surface area contributed by atoms with Gasteiger partial charge >= 0.3 is 0 Å². The maximum atomic E-state index is 4.93. The van der Waals surface area contributed by atoms with E-state index in [9.17, 15) is 0 Å². The molecule has 0 atom stereocenters. The lowest BCUT2D eigenvalue weighted by Crippen LogP contribution is -2.00. The van der Waals surface area contributed by atoms with Crippen LogP contribution in [0, 0.1) is 0 Å². The average molecular weight is 542 g/mol. The highest BCUT2D eigenvalue weighted by molar-refractivity contribution is 7.26. The van der Waals surface area contributed by atoms with Crippen LogP contribution in [0.3, 0.4) is 0 Å². The van der Waals surface area contributed by atoms with Gasteiger partial charge in [-0.15, -0.1) is 11.3 Å². The molecular weight excluding hydrogens is 518 g/mol. The van der Waals surface area contributed by atoms with Crippen LogP contribution in [0.15, 0.2) is 140 Å². The molecule has 3 nitrogen and oxygen atoms in total. The van der Waals surface area contributed by atoms with Crippen molar-refractivity contribution in [2.24, 2.45) is 0 Å². The zero-order valence-corrected chi connectivity index (χ0v) is 22.8. The Kier molecular flexibility index (Phi) is 5.64. The molecule has 0 aliphatic carbocycles. The molecule has 0 radical (unpaired) electrons. The first kappa shape index (κ1) is 23.7. The highest BCUT2D eigenvalue weighted by atomic mass is 32.1. The van der Waals surface area contributed by atoms with Crippen LogP contribution in [-0.2, 0) is 0 Å². The lowest BCUT2D eigenvalue weighted by atomic mass is 10.00. The van der Waals surface area contributed by atoms with Crippen molar-refractivity contribution < 1.29 is 0 Å². The van der Waals surface area contributed by atoms with E-state index >= 15 is 0 Å². The number of hydrogen-bond acceptors (Lipinski definition) is 4. The molecule has 0 N–H and O–H groups in total. The fraction of sp³-hybridized carbons (Fsp3) is 0. The Morgan fingerprint density at radius 3 is 1.68 bits per heavy atom. The van der Waals surface area contributed by atoms with Gasteiger partial charge in [0.1, 0.15) is 0 Å². The molecule has 2 aromatic heterocycles. The van der Waals surface area contributed by atoms with E-state index in [1.165, 1.54) is 36.5 Å². The molecule has 6 aromatic carbocycles. The second-order valence-electron chi connectivity index (χ2n) is 10.1. The van der Waals surface area contributed by atoms with E-state index in [4.69, 9.17) is 15.0 Å². The van der Waals surface area contributed by atoms with Crippen LogP contribution in [0.5, 0.6) is 0 Å². The summed E-state index contributed by atoms with van der Waals surface area (Å²) in [7, 11) is 0. The molecule has 8 rings (SSSR count). The SMILES string of the molecule is c1ccc(-c2nc(-c3ccccc3)nc(-c3cccc(-c4ccc5sc6c7ccccc7ccc6c5c4)c3)n2)cc1. The molecule has 0 fully saturated rings. The topological polar surface area (TPSA) is 38.7 Å². The fourth-order valence-electron chi connectivity index (χ4n) is 5.46. The van der Waals surface area contributed by atoms with Crippen LogP contribution in [-0.4, -0.2) is 15.0 Å². The summed E-state index contributed by atoms with van der Waals surface area (Å²) < 4.78 is 2.64. The molecule has 0 aliphatic heterocycles. The molecule has 192 valence electrons. The van der Waals surface area contributed by atoms with Gasteiger partial charge in [-0.1, -0.05) is 121 Å². The van der Waals surface area contributed by atoms with Gasteiger partial charge in [-0.05, 0) is 40.1 Å². The van der Waals surface area contributed by atoms with Gasteiger partial charge in [0, 0.05) is 36.9 Å². The van der Waals surface area contributed by atoms with Crippen molar-refractivity contribution in [1.29, 1.82) is 0 Å². The van der Waals surface area contributed by atoms with Crippen LogP contribution >= 0.6 is 11.3 Å². The van der Waals surface area contributed by atoms with Crippen molar-refractivity contribution >= 4 is 42.3 Å². The van der Waals surface area contributed by atoms with Gasteiger partial charge < -0.3 is 0 Å². The maximum Gasteiger partial charge on any atom is 0.164 e. The van der Waals surface area contributed by atoms with Crippen LogP contribution in [0.4, 0.5) is 0 Å². The van der Waals surface area contributed by atoms with Gasteiger partial charge in [0.25, 0.3) is 0 Å². The number of benzene rings is 6. The first-order valence-corrected chi connectivity index (χ1v) is 14.4. The van der Waals surface area contributed by atoms with Crippen molar-refractivity contribution in [2.75, 3.05) is 0 Å². The van der Waals surface area contributed by atoms with Gasteiger partial charge in [0.2, 0.25) is 0 Å². The van der Waals surface area contributed by atoms with Gasteiger partial charge in [0.15, 0.2) is 17.5 Å². The van der Waals surface area contributed by atoms with Gasteiger partial charge in [-0.25, -0.2) is 15.0 Å². The average Bonchev–Trinajstić information content (AvgIpc) is 3.44. The quantitative estimate of drug-likeness (QED) is 0.222. The van der Waals surface area contributed by atoms with Crippen molar-refractivity contribution in [3.63, 3.8) is 0 Å². The van der Waals surface area contributed by atoms with E-state index in [0.717, 1.165) is 22.3 Å². The smallest absolute Gasteiger partial charge is 0.164 e. The predicted molar refractivity (Wildman–Crippen MR) is 172 cm³/mol. The molecule has 0 unspecified atom stereocenters. The molecule has 0 amide bonds. The molecule has 4 heteroatoms. The van der Waals surface area contributed by atoms with E-state index in [0.29, 0.717) is 17.5 Å². The van der Waals surface area contributed by atoms with E-state index in [-0.39, 0.29) is 0 Å². The first-order valence-electron chi connectivity index (χ1n) is 13.6. The summed E-state index contributed by atoms with van der Waals surface area (Å²) in [6.07, 6.45) is 0. The maximum absolute atomic E-state index is 4.93. The van der Waals surface area contributed by atoms with Crippen LogP contribution in [0.1, 0.15) is 0 Å².